The molecule has 1 fully saturated rings. The zero-order chi connectivity index (χ0) is 13.1. The van der Waals surface area contributed by atoms with E-state index in [0.717, 1.165) is 36.1 Å². The predicted octanol–water partition coefficient (Wildman–Crippen LogP) is 2.30. The highest BCUT2D eigenvalue weighted by molar-refractivity contribution is 5.95. The summed E-state index contributed by atoms with van der Waals surface area (Å²) >= 11 is 0. The first-order valence-electron chi connectivity index (χ1n) is 6.68. The maximum absolute atomic E-state index is 7.55. The Morgan fingerprint density at radius 1 is 1.50 bits per heavy atom. The summed E-state index contributed by atoms with van der Waals surface area (Å²) in [5.74, 6) is 1.88. The van der Waals surface area contributed by atoms with E-state index in [2.05, 4.69) is 16.8 Å². The number of nitrogens with zero attached hydrogens (tertiary/aromatic N) is 2. The largest absolute Gasteiger partial charge is 0.384 e. The van der Waals surface area contributed by atoms with Crippen molar-refractivity contribution in [1.29, 1.82) is 5.41 Å². The molecule has 3 N–H and O–H groups in total. The van der Waals surface area contributed by atoms with Gasteiger partial charge in [-0.05, 0) is 44.7 Å². The van der Waals surface area contributed by atoms with Gasteiger partial charge in [0.2, 0.25) is 0 Å². The predicted molar refractivity (Wildman–Crippen MR) is 75.2 cm³/mol. The van der Waals surface area contributed by atoms with Crippen LogP contribution in [-0.4, -0.2) is 23.9 Å². The average molecular weight is 246 g/mol. The molecular weight excluding hydrogens is 224 g/mol. The second-order valence-electron chi connectivity index (χ2n) is 5.10. The Bertz CT molecular complexity index is 437. The van der Waals surface area contributed by atoms with Crippen LogP contribution in [-0.2, 0) is 0 Å². The first-order chi connectivity index (χ1) is 8.60. The van der Waals surface area contributed by atoms with Crippen molar-refractivity contribution in [2.75, 3.05) is 18.0 Å². The molecule has 98 valence electrons. The van der Waals surface area contributed by atoms with Crippen LogP contribution in [0.15, 0.2) is 12.1 Å². The second-order valence-corrected chi connectivity index (χ2v) is 5.10. The highest BCUT2D eigenvalue weighted by Gasteiger charge is 2.21. The van der Waals surface area contributed by atoms with Gasteiger partial charge in [-0.1, -0.05) is 6.42 Å². The van der Waals surface area contributed by atoms with Crippen LogP contribution in [0.25, 0.3) is 0 Å². The number of nitrogen functional groups attached to an aromatic ring is 1. The SMILES string of the molecule is CCN(CC1CCC1)c1cc(C(=N)N)cc(C)n1. The molecule has 4 heteroatoms. The molecule has 0 amide bonds. The zero-order valence-corrected chi connectivity index (χ0v) is 11.2. The lowest BCUT2D eigenvalue weighted by molar-refractivity contribution is 0.318. The highest BCUT2D eigenvalue weighted by Crippen LogP contribution is 2.28. The lowest BCUT2D eigenvalue weighted by Gasteiger charge is -2.32. The van der Waals surface area contributed by atoms with Crippen LogP contribution in [0.1, 0.15) is 37.4 Å². The van der Waals surface area contributed by atoms with E-state index in [0.29, 0.717) is 0 Å². The normalized spacial score (nSPS) is 15.2. The first-order valence-corrected chi connectivity index (χ1v) is 6.68. The van der Waals surface area contributed by atoms with Crippen molar-refractivity contribution in [3.8, 4) is 0 Å². The molecule has 0 bridgehead atoms. The van der Waals surface area contributed by atoms with Crippen LogP contribution < -0.4 is 10.6 Å². The Labute approximate surface area is 109 Å². The number of nitrogens with two attached hydrogens (primary N) is 1. The number of hydrogen-bond donors (Lipinski definition) is 2. The average Bonchev–Trinajstić information content (AvgIpc) is 2.27. The van der Waals surface area contributed by atoms with Gasteiger partial charge in [0.15, 0.2) is 0 Å². The summed E-state index contributed by atoms with van der Waals surface area (Å²) in [7, 11) is 0. The van der Waals surface area contributed by atoms with Gasteiger partial charge in [-0.2, -0.15) is 0 Å². The van der Waals surface area contributed by atoms with E-state index < -0.39 is 0 Å². The van der Waals surface area contributed by atoms with Gasteiger partial charge in [-0.15, -0.1) is 0 Å². The summed E-state index contributed by atoms with van der Waals surface area (Å²) in [6.07, 6.45) is 4.03. The number of aromatic nitrogens is 1. The summed E-state index contributed by atoms with van der Waals surface area (Å²) in [5.41, 5.74) is 7.26. The Morgan fingerprint density at radius 2 is 2.22 bits per heavy atom. The number of aryl methyl sites for hydroxylation is 1. The molecule has 2 rings (SSSR count). The van der Waals surface area contributed by atoms with Crippen LogP contribution in [0, 0.1) is 18.3 Å². The Hall–Kier alpha value is -1.58. The van der Waals surface area contributed by atoms with Crippen molar-refractivity contribution in [3.63, 3.8) is 0 Å². The van der Waals surface area contributed by atoms with Crippen LogP contribution >= 0.6 is 0 Å². The molecule has 0 atom stereocenters. The van der Waals surface area contributed by atoms with E-state index in [1.54, 1.807) is 0 Å². The molecule has 0 saturated heterocycles. The minimum atomic E-state index is 0.112. The molecule has 1 saturated carbocycles. The highest BCUT2D eigenvalue weighted by atomic mass is 15.2. The third-order valence-corrected chi connectivity index (χ3v) is 3.66. The van der Waals surface area contributed by atoms with Gasteiger partial charge >= 0.3 is 0 Å². The molecule has 0 unspecified atom stereocenters. The molecule has 0 aliphatic heterocycles. The fourth-order valence-electron chi connectivity index (χ4n) is 2.34. The van der Waals surface area contributed by atoms with Gasteiger partial charge in [0, 0.05) is 24.3 Å². The number of rotatable bonds is 5. The van der Waals surface area contributed by atoms with Gasteiger partial charge in [0.25, 0.3) is 0 Å². The molecule has 4 nitrogen and oxygen atoms in total. The van der Waals surface area contributed by atoms with E-state index in [4.69, 9.17) is 11.1 Å². The number of anilines is 1. The lowest BCUT2D eigenvalue weighted by atomic mass is 9.85. The van der Waals surface area contributed by atoms with Crippen molar-refractivity contribution in [1.82, 2.24) is 4.98 Å². The van der Waals surface area contributed by atoms with Crippen molar-refractivity contribution < 1.29 is 0 Å². The van der Waals surface area contributed by atoms with E-state index in [1.165, 1.54) is 19.3 Å². The van der Waals surface area contributed by atoms with E-state index in [9.17, 15) is 0 Å². The fourth-order valence-corrected chi connectivity index (χ4v) is 2.34. The topological polar surface area (TPSA) is 66.0 Å². The number of amidine groups is 1. The maximum Gasteiger partial charge on any atom is 0.129 e. The van der Waals surface area contributed by atoms with Gasteiger partial charge in [0.05, 0.1) is 0 Å². The van der Waals surface area contributed by atoms with Crippen LogP contribution in [0.2, 0.25) is 0 Å². The van der Waals surface area contributed by atoms with Gasteiger partial charge in [-0.25, -0.2) is 4.98 Å². The van der Waals surface area contributed by atoms with Gasteiger partial charge < -0.3 is 10.6 Å². The summed E-state index contributed by atoms with van der Waals surface area (Å²) in [6, 6.07) is 3.79. The zero-order valence-electron chi connectivity index (χ0n) is 11.2. The van der Waals surface area contributed by atoms with E-state index in [-0.39, 0.29) is 5.84 Å². The first kappa shape index (κ1) is 12.9. The smallest absolute Gasteiger partial charge is 0.129 e. The van der Waals surface area contributed by atoms with Crippen molar-refractivity contribution >= 4 is 11.7 Å². The second kappa shape index (κ2) is 5.38. The molecular formula is C14H22N4. The van der Waals surface area contributed by atoms with Crippen LogP contribution in [0.3, 0.4) is 0 Å². The Kier molecular flexibility index (Phi) is 3.84. The molecule has 0 radical (unpaired) electrons. The van der Waals surface area contributed by atoms with E-state index >= 15 is 0 Å². The Morgan fingerprint density at radius 3 is 2.72 bits per heavy atom. The molecule has 1 aliphatic carbocycles. The number of nitrogens with one attached hydrogen (secondary N) is 1. The molecule has 1 aromatic rings. The molecule has 0 spiro atoms. The molecule has 0 aromatic carbocycles. The van der Waals surface area contributed by atoms with Gasteiger partial charge in [-0.3, -0.25) is 5.41 Å². The molecule has 1 aliphatic rings. The van der Waals surface area contributed by atoms with Crippen molar-refractivity contribution in [2.45, 2.75) is 33.1 Å². The number of pyridine rings is 1. The lowest BCUT2D eigenvalue weighted by Crippen LogP contribution is -2.33. The maximum atomic E-state index is 7.55. The van der Waals surface area contributed by atoms with Crippen LogP contribution in [0.5, 0.6) is 0 Å². The third-order valence-electron chi connectivity index (χ3n) is 3.66. The molecule has 18 heavy (non-hydrogen) atoms. The van der Waals surface area contributed by atoms with E-state index in [1.807, 2.05) is 19.1 Å². The van der Waals surface area contributed by atoms with Crippen molar-refractivity contribution in [2.24, 2.45) is 11.7 Å². The third kappa shape index (κ3) is 2.81. The summed E-state index contributed by atoms with van der Waals surface area (Å²) < 4.78 is 0. The summed E-state index contributed by atoms with van der Waals surface area (Å²) in [6.45, 7) is 6.12. The Balaban J connectivity index is 2.20. The van der Waals surface area contributed by atoms with Gasteiger partial charge in [0.1, 0.15) is 11.7 Å². The minimum absolute atomic E-state index is 0.112. The molecule has 1 aromatic heterocycles. The summed E-state index contributed by atoms with van der Waals surface area (Å²) in [5, 5.41) is 7.55. The molecule has 1 heterocycles. The minimum Gasteiger partial charge on any atom is -0.384 e. The number of hydrogen-bond acceptors (Lipinski definition) is 3. The van der Waals surface area contributed by atoms with Crippen molar-refractivity contribution in [3.05, 3.63) is 23.4 Å². The quantitative estimate of drug-likeness (QED) is 0.619. The van der Waals surface area contributed by atoms with Crippen LogP contribution in [0.4, 0.5) is 5.82 Å². The fraction of sp³-hybridized carbons (Fsp3) is 0.571. The standard InChI is InChI=1S/C14H22N4/c1-3-18(9-11-5-4-6-11)13-8-12(14(15)16)7-10(2)17-13/h7-8,11H,3-6,9H2,1-2H3,(H3,15,16). The summed E-state index contributed by atoms with van der Waals surface area (Å²) in [4.78, 5) is 6.87. The monoisotopic (exact) mass is 246 g/mol.